The minimum absolute atomic E-state index is 0.236. The maximum Gasteiger partial charge on any atom is 0.288 e. The monoisotopic (exact) mass is 369 g/mol. The number of aromatic nitrogens is 4. The molecular formula is C19H27N7O. The maximum absolute atomic E-state index is 12.0. The highest BCUT2D eigenvalue weighted by Crippen LogP contribution is 2.24. The number of hydrogen-bond acceptors (Lipinski definition) is 6. The van der Waals surface area contributed by atoms with Crippen LogP contribution in [0.4, 0.5) is 5.82 Å². The molecule has 0 aromatic carbocycles. The van der Waals surface area contributed by atoms with E-state index in [0.29, 0.717) is 6.04 Å². The highest BCUT2D eigenvalue weighted by atomic mass is 16.2. The molecule has 0 spiro atoms. The fraction of sp³-hybridized carbons (Fsp3) is 0.579. The number of hydrogen-bond donors (Lipinski definition) is 2. The molecular weight excluding hydrogens is 342 g/mol. The number of fused-ring (bicyclic) bond motifs is 1. The first-order valence-corrected chi connectivity index (χ1v) is 9.66. The van der Waals surface area contributed by atoms with Crippen LogP contribution in [0.5, 0.6) is 0 Å². The Labute approximate surface area is 159 Å². The summed E-state index contributed by atoms with van der Waals surface area (Å²) in [6.45, 7) is 7.58. The molecule has 0 bridgehead atoms. The van der Waals surface area contributed by atoms with Gasteiger partial charge in [0.1, 0.15) is 5.82 Å². The van der Waals surface area contributed by atoms with Gasteiger partial charge in [0.15, 0.2) is 0 Å². The number of nitrogens with one attached hydrogen (secondary N) is 2. The summed E-state index contributed by atoms with van der Waals surface area (Å²) in [5.41, 5.74) is 4.36. The van der Waals surface area contributed by atoms with Crippen molar-refractivity contribution in [2.75, 3.05) is 25.0 Å². The second-order valence-corrected chi connectivity index (χ2v) is 7.43. The molecule has 1 atom stereocenters. The van der Waals surface area contributed by atoms with Gasteiger partial charge in [-0.15, -0.1) is 0 Å². The second-order valence-electron chi connectivity index (χ2n) is 7.43. The molecule has 8 heteroatoms. The van der Waals surface area contributed by atoms with Gasteiger partial charge >= 0.3 is 0 Å². The maximum atomic E-state index is 12.0. The van der Waals surface area contributed by atoms with Gasteiger partial charge in [0.05, 0.1) is 5.69 Å². The van der Waals surface area contributed by atoms with E-state index in [1.165, 1.54) is 12.1 Å². The number of anilines is 1. The van der Waals surface area contributed by atoms with Crippen molar-refractivity contribution in [1.82, 2.24) is 30.4 Å². The van der Waals surface area contributed by atoms with Crippen molar-refractivity contribution in [3.8, 4) is 0 Å². The Morgan fingerprint density at radius 2 is 2.15 bits per heavy atom. The van der Waals surface area contributed by atoms with E-state index in [0.717, 1.165) is 61.8 Å². The van der Waals surface area contributed by atoms with Gasteiger partial charge in [0.2, 0.25) is 5.82 Å². The Morgan fingerprint density at radius 1 is 1.30 bits per heavy atom. The van der Waals surface area contributed by atoms with Gasteiger partial charge in [0.25, 0.3) is 5.91 Å². The third kappa shape index (κ3) is 3.53. The average Bonchev–Trinajstić information content (AvgIpc) is 3.37. The molecule has 4 heterocycles. The van der Waals surface area contributed by atoms with Gasteiger partial charge in [-0.1, -0.05) is 0 Å². The number of rotatable bonds is 5. The Kier molecular flexibility index (Phi) is 4.82. The molecule has 2 aliphatic rings. The zero-order chi connectivity index (χ0) is 19.0. The summed E-state index contributed by atoms with van der Waals surface area (Å²) in [7, 11) is 1.60. The molecule has 8 nitrogen and oxygen atoms in total. The van der Waals surface area contributed by atoms with E-state index in [1.807, 2.05) is 13.8 Å². The third-order valence-corrected chi connectivity index (χ3v) is 5.57. The molecule has 1 fully saturated rings. The number of aryl methyl sites for hydroxylation is 3. The summed E-state index contributed by atoms with van der Waals surface area (Å²) < 4.78 is 2.13. The van der Waals surface area contributed by atoms with Crippen LogP contribution in [-0.2, 0) is 19.5 Å². The molecule has 0 radical (unpaired) electrons. The average molecular weight is 369 g/mol. The van der Waals surface area contributed by atoms with Crippen molar-refractivity contribution in [2.45, 2.75) is 52.2 Å². The van der Waals surface area contributed by atoms with Crippen molar-refractivity contribution in [3.63, 3.8) is 0 Å². The smallest absolute Gasteiger partial charge is 0.288 e. The minimum atomic E-state index is -0.249. The summed E-state index contributed by atoms with van der Waals surface area (Å²) in [6.07, 6.45) is 3.40. The topological polar surface area (TPSA) is 88.0 Å². The fourth-order valence-electron chi connectivity index (χ4n) is 3.91. The largest absolute Gasteiger partial charge is 0.355 e. The quantitative estimate of drug-likeness (QED) is 0.816. The van der Waals surface area contributed by atoms with Crippen LogP contribution in [0.25, 0.3) is 0 Å². The van der Waals surface area contributed by atoms with Crippen LogP contribution in [-0.4, -0.2) is 51.8 Å². The molecule has 144 valence electrons. The lowest BCUT2D eigenvalue weighted by Crippen LogP contribution is -2.33. The molecule has 0 unspecified atom stereocenters. The standard InChI is InChI=1S/C19H27N7O/c1-12-13(2)22-17(19(27)20-3)23-18(12)25-8-6-14(11-25)21-10-15-9-16-5-4-7-26(16)24-15/h9,14,21H,4-8,10-11H2,1-3H3,(H,20,27)/t14-/m1/s1. The van der Waals surface area contributed by atoms with Crippen molar-refractivity contribution in [1.29, 1.82) is 0 Å². The second kappa shape index (κ2) is 7.26. The minimum Gasteiger partial charge on any atom is -0.355 e. The molecule has 4 rings (SSSR count). The van der Waals surface area contributed by atoms with Crippen molar-refractivity contribution >= 4 is 11.7 Å². The van der Waals surface area contributed by atoms with E-state index in [1.54, 1.807) is 7.05 Å². The molecule has 2 aromatic rings. The van der Waals surface area contributed by atoms with Gasteiger partial charge in [-0.25, -0.2) is 9.97 Å². The zero-order valence-electron chi connectivity index (χ0n) is 16.2. The van der Waals surface area contributed by atoms with Gasteiger partial charge in [0, 0.05) is 56.2 Å². The number of nitrogens with zero attached hydrogens (tertiary/aromatic N) is 5. The molecule has 2 aliphatic heterocycles. The first-order chi connectivity index (χ1) is 13.0. The first kappa shape index (κ1) is 17.9. The van der Waals surface area contributed by atoms with E-state index in [4.69, 9.17) is 0 Å². The van der Waals surface area contributed by atoms with Crippen molar-refractivity contribution in [3.05, 3.63) is 34.5 Å². The Bertz CT molecular complexity index is 838. The van der Waals surface area contributed by atoms with Gasteiger partial charge < -0.3 is 15.5 Å². The Morgan fingerprint density at radius 3 is 2.93 bits per heavy atom. The van der Waals surface area contributed by atoms with Crippen LogP contribution in [0.15, 0.2) is 6.07 Å². The Hall–Kier alpha value is -2.48. The van der Waals surface area contributed by atoms with Crippen LogP contribution in [0.2, 0.25) is 0 Å². The lowest BCUT2D eigenvalue weighted by Gasteiger charge is -2.21. The molecule has 2 N–H and O–H groups in total. The van der Waals surface area contributed by atoms with Crippen molar-refractivity contribution in [2.24, 2.45) is 0 Å². The molecule has 1 saturated heterocycles. The SMILES string of the molecule is CNC(=O)c1nc(C)c(C)c(N2CC[C@@H](NCc3cc4n(n3)CCC4)C2)n1. The Balaban J connectivity index is 1.41. The molecule has 0 saturated carbocycles. The fourth-order valence-corrected chi connectivity index (χ4v) is 3.91. The number of carbonyl (C=O) groups is 1. The summed E-state index contributed by atoms with van der Waals surface area (Å²) >= 11 is 0. The predicted molar refractivity (Wildman–Crippen MR) is 103 cm³/mol. The lowest BCUT2D eigenvalue weighted by molar-refractivity contribution is 0.0952. The van der Waals surface area contributed by atoms with E-state index in [2.05, 4.69) is 41.3 Å². The summed E-state index contributed by atoms with van der Waals surface area (Å²) in [4.78, 5) is 23.1. The summed E-state index contributed by atoms with van der Waals surface area (Å²) in [6, 6.07) is 2.61. The summed E-state index contributed by atoms with van der Waals surface area (Å²) in [5, 5.41) is 10.9. The van der Waals surface area contributed by atoms with Crippen molar-refractivity contribution < 1.29 is 4.79 Å². The van der Waals surface area contributed by atoms with E-state index >= 15 is 0 Å². The van der Waals surface area contributed by atoms with Crippen LogP contribution in [0, 0.1) is 13.8 Å². The first-order valence-electron chi connectivity index (χ1n) is 9.66. The number of amides is 1. The highest BCUT2D eigenvalue weighted by Gasteiger charge is 2.26. The summed E-state index contributed by atoms with van der Waals surface area (Å²) in [5.74, 6) is 0.854. The van der Waals surface area contributed by atoms with Crippen LogP contribution >= 0.6 is 0 Å². The lowest BCUT2D eigenvalue weighted by atomic mass is 10.2. The third-order valence-electron chi connectivity index (χ3n) is 5.57. The van der Waals surface area contributed by atoms with E-state index < -0.39 is 0 Å². The predicted octanol–water partition coefficient (Wildman–Crippen LogP) is 0.964. The molecule has 1 amide bonds. The zero-order valence-corrected chi connectivity index (χ0v) is 16.2. The van der Waals surface area contributed by atoms with Crippen LogP contribution < -0.4 is 15.5 Å². The van der Waals surface area contributed by atoms with E-state index in [9.17, 15) is 4.79 Å². The normalized spacial score (nSPS) is 18.8. The molecule has 0 aliphatic carbocycles. The van der Waals surface area contributed by atoms with E-state index in [-0.39, 0.29) is 11.7 Å². The van der Waals surface area contributed by atoms with Gasteiger partial charge in [-0.3, -0.25) is 9.48 Å². The molecule has 2 aromatic heterocycles. The van der Waals surface area contributed by atoms with Crippen LogP contribution in [0.1, 0.15) is 46.1 Å². The number of carbonyl (C=O) groups excluding carboxylic acids is 1. The molecule has 27 heavy (non-hydrogen) atoms. The van der Waals surface area contributed by atoms with Gasteiger partial charge in [-0.05, 0) is 39.2 Å². The highest BCUT2D eigenvalue weighted by molar-refractivity contribution is 5.90. The van der Waals surface area contributed by atoms with Crippen LogP contribution in [0.3, 0.4) is 0 Å². The van der Waals surface area contributed by atoms with Gasteiger partial charge in [-0.2, -0.15) is 5.10 Å².